The smallest absolute Gasteiger partial charge is 0.221 e. The number of nitrogens with zero attached hydrogens (tertiary/aromatic N) is 4. The highest BCUT2D eigenvalue weighted by atomic mass is 16.5. The lowest BCUT2D eigenvalue weighted by Gasteiger charge is -2.28. The van der Waals surface area contributed by atoms with Crippen LogP contribution in [-0.2, 0) is 4.74 Å². The first-order chi connectivity index (χ1) is 24.3. The molecule has 0 N–H and O–H groups in total. The predicted octanol–water partition coefficient (Wildman–Crippen LogP) is 10.3. The highest BCUT2D eigenvalue weighted by molar-refractivity contribution is 5.96. The summed E-state index contributed by atoms with van der Waals surface area (Å²) < 4.78 is 18.3. The molecule has 6 aromatic rings. The molecule has 0 bridgehead atoms. The molecular weight excluding hydrogens is 620 g/mol. The van der Waals surface area contributed by atoms with E-state index in [4.69, 9.17) is 29.2 Å². The van der Waals surface area contributed by atoms with Crippen molar-refractivity contribution in [2.24, 2.45) is 0 Å². The van der Waals surface area contributed by atoms with E-state index < -0.39 is 0 Å². The van der Waals surface area contributed by atoms with Crippen molar-refractivity contribution in [2.75, 3.05) is 44.4 Å². The number of ether oxygens (including phenoxy) is 3. The van der Waals surface area contributed by atoms with Gasteiger partial charge in [-0.25, -0.2) is 15.0 Å². The van der Waals surface area contributed by atoms with Crippen LogP contribution >= 0.6 is 0 Å². The number of hydrogen-bond acceptors (Lipinski definition) is 7. The first kappa shape index (κ1) is 33.7. The Morgan fingerprint density at radius 3 is 1.86 bits per heavy atom. The first-order valence-electron chi connectivity index (χ1n) is 18.3. The fourth-order valence-electron chi connectivity index (χ4n) is 6.90. The number of fused-ring (bicyclic) bond motifs is 3. The summed E-state index contributed by atoms with van der Waals surface area (Å²) in [5.41, 5.74) is 9.37. The van der Waals surface area contributed by atoms with Gasteiger partial charge in [-0.15, -0.1) is 0 Å². The molecule has 0 spiro atoms. The van der Waals surface area contributed by atoms with Crippen LogP contribution in [0.15, 0.2) is 72.8 Å². The third-order valence-electron chi connectivity index (χ3n) is 9.53. The fourth-order valence-corrected chi connectivity index (χ4v) is 6.90. The third-order valence-corrected chi connectivity index (χ3v) is 9.53. The van der Waals surface area contributed by atoms with Gasteiger partial charge in [0.15, 0.2) is 0 Å². The van der Waals surface area contributed by atoms with Gasteiger partial charge in [0.2, 0.25) is 11.8 Å². The molecule has 7 heteroatoms. The maximum absolute atomic E-state index is 6.47. The molecule has 0 unspecified atom stereocenters. The molecule has 0 aliphatic carbocycles. The predicted molar refractivity (Wildman–Crippen MR) is 206 cm³/mol. The second-order valence-electron chi connectivity index (χ2n) is 13.9. The van der Waals surface area contributed by atoms with Gasteiger partial charge in [0.05, 0.1) is 43.0 Å². The second kappa shape index (κ2) is 14.6. The first-order valence-corrected chi connectivity index (χ1v) is 18.3. The summed E-state index contributed by atoms with van der Waals surface area (Å²) in [4.78, 5) is 17.8. The van der Waals surface area contributed by atoms with Crippen LogP contribution in [0, 0.1) is 0 Å². The number of benzene rings is 3. The Balaban J connectivity index is 1.43. The molecule has 1 aliphatic heterocycles. The molecule has 0 saturated carbocycles. The van der Waals surface area contributed by atoms with Gasteiger partial charge in [0.25, 0.3) is 0 Å². The lowest BCUT2D eigenvalue weighted by atomic mass is 9.90. The number of rotatable bonds is 11. The molecule has 0 amide bonds. The van der Waals surface area contributed by atoms with Crippen molar-refractivity contribution in [1.29, 1.82) is 0 Å². The number of aromatic nitrogens is 3. The molecule has 1 fully saturated rings. The van der Waals surface area contributed by atoms with Crippen LogP contribution < -0.4 is 14.4 Å². The van der Waals surface area contributed by atoms with Gasteiger partial charge < -0.3 is 19.1 Å². The number of morpholine rings is 1. The molecular formula is C43H48N4O3. The monoisotopic (exact) mass is 668 g/mol. The zero-order chi connectivity index (χ0) is 34.8. The van der Waals surface area contributed by atoms with E-state index in [1.807, 2.05) is 12.1 Å². The van der Waals surface area contributed by atoms with E-state index in [1.54, 1.807) is 0 Å². The van der Waals surface area contributed by atoms with E-state index in [0.29, 0.717) is 30.9 Å². The van der Waals surface area contributed by atoms with E-state index in [-0.39, 0.29) is 5.92 Å². The standard InChI is InChI=1S/C43H48N4O3/c1-7-17-49-42-35(21-29-11-9-10-12-38(29)45-42)30-23-34(28(5)6)37-26-36(43(50-18-8-2)46-40(37)25-30)31-22-33(27(3)4)32-13-14-41(44-39(32)24-31)47-15-19-48-20-16-47/h9-14,21-28H,7-8,15-20H2,1-6H3. The van der Waals surface area contributed by atoms with Crippen LogP contribution in [0.2, 0.25) is 0 Å². The Hall–Kier alpha value is -4.75. The number of anilines is 1. The Labute approximate surface area is 295 Å². The highest BCUT2D eigenvalue weighted by Crippen LogP contribution is 2.41. The van der Waals surface area contributed by atoms with E-state index in [2.05, 4.69) is 107 Å². The van der Waals surface area contributed by atoms with E-state index in [9.17, 15) is 0 Å². The maximum Gasteiger partial charge on any atom is 0.221 e. The van der Waals surface area contributed by atoms with E-state index in [0.717, 1.165) is 94.5 Å². The Kier molecular flexibility index (Phi) is 9.86. The number of hydrogen-bond donors (Lipinski definition) is 0. The van der Waals surface area contributed by atoms with Crippen molar-refractivity contribution in [3.63, 3.8) is 0 Å². The van der Waals surface area contributed by atoms with Crippen LogP contribution in [0.1, 0.15) is 77.3 Å². The van der Waals surface area contributed by atoms with Crippen molar-refractivity contribution in [3.8, 4) is 34.0 Å². The average molecular weight is 669 g/mol. The second-order valence-corrected chi connectivity index (χ2v) is 13.9. The summed E-state index contributed by atoms with van der Waals surface area (Å²) >= 11 is 0. The van der Waals surface area contributed by atoms with Gasteiger partial charge in [-0.2, -0.15) is 0 Å². The van der Waals surface area contributed by atoms with Gasteiger partial charge in [-0.1, -0.05) is 59.7 Å². The lowest BCUT2D eigenvalue weighted by molar-refractivity contribution is 0.122. The highest BCUT2D eigenvalue weighted by Gasteiger charge is 2.21. The number of para-hydroxylation sites is 1. The summed E-state index contributed by atoms with van der Waals surface area (Å²) in [7, 11) is 0. The molecule has 0 atom stereocenters. The summed E-state index contributed by atoms with van der Waals surface area (Å²) in [6.45, 7) is 17.6. The van der Waals surface area contributed by atoms with Crippen LogP contribution in [0.5, 0.6) is 11.8 Å². The van der Waals surface area contributed by atoms with Crippen LogP contribution in [-0.4, -0.2) is 54.5 Å². The van der Waals surface area contributed by atoms with Crippen molar-refractivity contribution < 1.29 is 14.2 Å². The van der Waals surface area contributed by atoms with Crippen LogP contribution in [0.3, 0.4) is 0 Å². The molecule has 3 aromatic carbocycles. The topological polar surface area (TPSA) is 69.6 Å². The van der Waals surface area contributed by atoms with Crippen LogP contribution in [0.4, 0.5) is 5.82 Å². The van der Waals surface area contributed by atoms with Gasteiger partial charge >= 0.3 is 0 Å². The zero-order valence-electron chi connectivity index (χ0n) is 30.3. The van der Waals surface area contributed by atoms with Gasteiger partial charge in [0, 0.05) is 40.4 Å². The largest absolute Gasteiger partial charge is 0.477 e. The molecule has 4 heterocycles. The van der Waals surface area contributed by atoms with Crippen LogP contribution in [0.25, 0.3) is 55.0 Å². The molecule has 1 aliphatic rings. The van der Waals surface area contributed by atoms with Gasteiger partial charge in [-0.3, -0.25) is 0 Å². The van der Waals surface area contributed by atoms with E-state index >= 15 is 0 Å². The molecule has 7 rings (SSSR count). The van der Waals surface area contributed by atoms with Gasteiger partial charge in [0.1, 0.15) is 5.82 Å². The number of pyridine rings is 3. The third kappa shape index (κ3) is 6.71. The average Bonchev–Trinajstić information content (AvgIpc) is 3.14. The van der Waals surface area contributed by atoms with Crippen molar-refractivity contribution in [3.05, 3.63) is 83.9 Å². The lowest BCUT2D eigenvalue weighted by Crippen LogP contribution is -2.36. The molecule has 7 nitrogen and oxygen atoms in total. The normalized spacial score (nSPS) is 13.6. The Morgan fingerprint density at radius 2 is 1.22 bits per heavy atom. The molecule has 1 saturated heterocycles. The Morgan fingerprint density at radius 1 is 0.640 bits per heavy atom. The van der Waals surface area contributed by atoms with Gasteiger partial charge in [-0.05, 0) is 102 Å². The zero-order valence-corrected chi connectivity index (χ0v) is 30.3. The molecule has 258 valence electrons. The Bertz CT molecular complexity index is 2150. The SMILES string of the molecule is CCCOc1nc2ccccc2cc1-c1cc(C(C)C)c2cc(-c3cc(C(C)C)c4ccc(N5CCOCC5)nc4c3)c(OCCC)nc2c1. The van der Waals surface area contributed by atoms with E-state index in [1.165, 1.54) is 16.5 Å². The summed E-state index contributed by atoms with van der Waals surface area (Å²) in [6, 6.07) is 26.1. The molecule has 50 heavy (non-hydrogen) atoms. The quantitative estimate of drug-likeness (QED) is 0.136. The summed E-state index contributed by atoms with van der Waals surface area (Å²) in [5, 5.41) is 3.38. The fraction of sp³-hybridized carbons (Fsp3) is 0.372. The molecule has 0 radical (unpaired) electrons. The summed E-state index contributed by atoms with van der Waals surface area (Å²) in [6.07, 6.45) is 1.79. The molecule has 3 aromatic heterocycles. The van der Waals surface area contributed by atoms with Crippen molar-refractivity contribution >= 4 is 38.5 Å². The maximum atomic E-state index is 6.47. The summed E-state index contributed by atoms with van der Waals surface area (Å²) in [5.74, 6) is 2.86. The minimum atomic E-state index is 0.253. The van der Waals surface area contributed by atoms with Crippen molar-refractivity contribution in [2.45, 2.75) is 66.2 Å². The minimum absolute atomic E-state index is 0.253. The minimum Gasteiger partial charge on any atom is -0.477 e. The van der Waals surface area contributed by atoms with Crippen molar-refractivity contribution in [1.82, 2.24) is 15.0 Å².